The number of amides is 1. The summed E-state index contributed by atoms with van der Waals surface area (Å²) in [5.41, 5.74) is -1.01. The number of benzene rings is 1. The Morgan fingerprint density at radius 2 is 1.69 bits per heavy atom. The molecule has 8 nitrogen and oxygen atoms in total. The number of anilines is 1. The number of hydrogen-bond acceptors (Lipinski definition) is 6. The summed E-state index contributed by atoms with van der Waals surface area (Å²) in [5.74, 6) is -1.20. The van der Waals surface area contributed by atoms with E-state index in [1.54, 1.807) is 12.1 Å². The van der Waals surface area contributed by atoms with Crippen molar-refractivity contribution in [2.75, 3.05) is 38.2 Å². The van der Waals surface area contributed by atoms with Gasteiger partial charge in [-0.2, -0.15) is 18.3 Å². The van der Waals surface area contributed by atoms with E-state index in [0.29, 0.717) is 17.8 Å². The lowest BCUT2D eigenvalue weighted by molar-refractivity contribution is -0.143. The number of methoxy groups -OCH3 is 1. The molecular weight excluding hydrogens is 432 g/mol. The number of nitrogens with zero attached hydrogens (tertiary/aromatic N) is 6. The predicted octanol–water partition coefficient (Wildman–Crippen LogP) is 2.79. The van der Waals surface area contributed by atoms with Crippen LogP contribution < -0.4 is 9.64 Å². The minimum atomic E-state index is -4.85. The summed E-state index contributed by atoms with van der Waals surface area (Å²) >= 11 is 0. The highest BCUT2D eigenvalue weighted by Gasteiger charge is 2.42. The van der Waals surface area contributed by atoms with Crippen molar-refractivity contribution >= 4 is 11.6 Å². The predicted molar refractivity (Wildman–Crippen MR) is 105 cm³/mol. The molecule has 3 heterocycles. The molecule has 0 spiro atoms. The maximum absolute atomic E-state index is 13.9. The SMILES string of the molecule is COc1ccc(-n2ncc(C(=O)N3CCN(c4ccc(F)cc4)CC3)c2C(F)(F)F)nn1. The summed E-state index contributed by atoms with van der Waals surface area (Å²) in [6.45, 7) is 1.22. The minimum absolute atomic E-state index is 0.129. The Morgan fingerprint density at radius 3 is 2.25 bits per heavy atom. The van der Waals surface area contributed by atoms with E-state index < -0.39 is 23.3 Å². The first kappa shape index (κ1) is 21.5. The Kier molecular flexibility index (Phi) is 5.68. The lowest BCUT2D eigenvalue weighted by Gasteiger charge is -2.36. The van der Waals surface area contributed by atoms with Crippen molar-refractivity contribution in [3.8, 4) is 11.7 Å². The van der Waals surface area contributed by atoms with E-state index in [1.807, 2.05) is 4.90 Å². The average Bonchev–Trinajstić information content (AvgIpc) is 3.25. The van der Waals surface area contributed by atoms with Crippen LogP contribution in [0.1, 0.15) is 16.1 Å². The topological polar surface area (TPSA) is 76.4 Å². The second-order valence-electron chi connectivity index (χ2n) is 7.01. The molecule has 1 amide bonds. The average molecular weight is 450 g/mol. The lowest BCUT2D eigenvalue weighted by atomic mass is 10.1. The Balaban J connectivity index is 1.56. The van der Waals surface area contributed by atoms with Crippen LogP contribution in [0.15, 0.2) is 42.6 Å². The number of rotatable bonds is 4. The van der Waals surface area contributed by atoms with Gasteiger partial charge in [0.2, 0.25) is 5.88 Å². The lowest BCUT2D eigenvalue weighted by Crippen LogP contribution is -2.49. The molecule has 0 bridgehead atoms. The highest BCUT2D eigenvalue weighted by atomic mass is 19.4. The van der Waals surface area contributed by atoms with E-state index in [9.17, 15) is 22.4 Å². The third kappa shape index (κ3) is 4.20. The number of piperazine rings is 1. The van der Waals surface area contributed by atoms with Crippen molar-refractivity contribution < 1.29 is 27.1 Å². The number of alkyl halides is 3. The molecular formula is C20H18F4N6O2. The molecule has 0 atom stereocenters. The van der Waals surface area contributed by atoms with Crippen LogP contribution in [0, 0.1) is 5.82 Å². The Bertz CT molecular complexity index is 1090. The first-order valence-electron chi connectivity index (χ1n) is 9.61. The molecule has 168 valence electrons. The van der Waals surface area contributed by atoms with Crippen molar-refractivity contribution in [3.05, 3.63) is 59.7 Å². The van der Waals surface area contributed by atoms with E-state index in [0.717, 1.165) is 11.9 Å². The van der Waals surface area contributed by atoms with Gasteiger partial charge in [0, 0.05) is 37.9 Å². The Labute approximate surface area is 180 Å². The number of carbonyl (C=O) groups excluding carboxylic acids is 1. The van der Waals surface area contributed by atoms with Gasteiger partial charge in [0.25, 0.3) is 5.91 Å². The van der Waals surface area contributed by atoms with Gasteiger partial charge >= 0.3 is 6.18 Å². The first-order chi connectivity index (χ1) is 15.3. The summed E-state index contributed by atoms with van der Waals surface area (Å²) in [6, 6.07) is 8.52. The molecule has 1 saturated heterocycles. The van der Waals surface area contributed by atoms with Crippen molar-refractivity contribution in [1.82, 2.24) is 24.9 Å². The number of halogens is 4. The molecule has 0 N–H and O–H groups in total. The molecule has 32 heavy (non-hydrogen) atoms. The minimum Gasteiger partial charge on any atom is -0.480 e. The number of ether oxygens (including phenoxy) is 1. The van der Waals surface area contributed by atoms with E-state index in [2.05, 4.69) is 15.3 Å². The van der Waals surface area contributed by atoms with Crippen molar-refractivity contribution in [2.45, 2.75) is 6.18 Å². The fourth-order valence-electron chi connectivity index (χ4n) is 3.48. The monoisotopic (exact) mass is 450 g/mol. The third-order valence-corrected chi connectivity index (χ3v) is 5.08. The number of carbonyl (C=O) groups is 1. The molecule has 1 fully saturated rings. The summed E-state index contributed by atoms with van der Waals surface area (Å²) in [5, 5.41) is 11.1. The van der Waals surface area contributed by atoms with Gasteiger partial charge < -0.3 is 14.5 Å². The summed E-state index contributed by atoms with van der Waals surface area (Å²) < 4.78 is 60.2. The fraction of sp³-hybridized carbons (Fsp3) is 0.300. The maximum atomic E-state index is 13.9. The van der Waals surface area contributed by atoms with Gasteiger partial charge in [0.1, 0.15) is 5.82 Å². The fourth-order valence-corrected chi connectivity index (χ4v) is 3.48. The summed E-state index contributed by atoms with van der Waals surface area (Å²) in [7, 11) is 1.35. The zero-order valence-electron chi connectivity index (χ0n) is 16.9. The number of hydrogen-bond donors (Lipinski definition) is 0. The van der Waals surface area contributed by atoms with Crippen LogP contribution in [0.2, 0.25) is 0 Å². The second kappa shape index (κ2) is 8.44. The van der Waals surface area contributed by atoms with Gasteiger partial charge in [-0.1, -0.05) is 0 Å². The van der Waals surface area contributed by atoms with Crippen LogP contribution in [-0.4, -0.2) is 64.1 Å². The highest BCUT2D eigenvalue weighted by molar-refractivity contribution is 5.95. The van der Waals surface area contributed by atoms with Crippen LogP contribution in [0.25, 0.3) is 5.82 Å². The standard InChI is InChI=1S/C20H18F4N6O2/c1-32-17-7-6-16(26-27-17)30-18(20(22,23)24)15(12-25-30)19(31)29-10-8-28(9-11-29)14-4-2-13(21)3-5-14/h2-7,12H,8-11H2,1H3. The van der Waals surface area contributed by atoms with Gasteiger partial charge in [-0.3, -0.25) is 4.79 Å². The van der Waals surface area contributed by atoms with Gasteiger partial charge in [0.05, 0.1) is 18.9 Å². The van der Waals surface area contributed by atoms with Gasteiger partial charge in [-0.25, -0.2) is 9.07 Å². The van der Waals surface area contributed by atoms with Gasteiger partial charge in [-0.05, 0) is 30.3 Å². The van der Waals surface area contributed by atoms with E-state index in [1.165, 1.54) is 36.3 Å². The molecule has 1 aromatic carbocycles. The smallest absolute Gasteiger partial charge is 0.434 e. The molecule has 3 aromatic rings. The van der Waals surface area contributed by atoms with Crippen LogP contribution in [0.5, 0.6) is 5.88 Å². The summed E-state index contributed by atoms with van der Waals surface area (Å²) in [4.78, 5) is 16.2. The Hall–Kier alpha value is -3.70. The molecule has 1 aliphatic rings. The molecule has 1 aliphatic heterocycles. The molecule has 0 radical (unpaired) electrons. The van der Waals surface area contributed by atoms with E-state index in [-0.39, 0.29) is 30.6 Å². The van der Waals surface area contributed by atoms with Crippen LogP contribution in [-0.2, 0) is 6.18 Å². The quantitative estimate of drug-likeness (QED) is 0.569. The normalized spacial score (nSPS) is 14.5. The molecule has 0 saturated carbocycles. The highest BCUT2D eigenvalue weighted by Crippen LogP contribution is 2.34. The molecule has 2 aromatic heterocycles. The Morgan fingerprint density at radius 1 is 1.00 bits per heavy atom. The molecule has 4 rings (SSSR count). The third-order valence-electron chi connectivity index (χ3n) is 5.08. The first-order valence-corrected chi connectivity index (χ1v) is 9.61. The van der Waals surface area contributed by atoms with E-state index in [4.69, 9.17) is 4.74 Å². The molecule has 0 unspecified atom stereocenters. The molecule has 12 heteroatoms. The van der Waals surface area contributed by atoms with Crippen LogP contribution in [0.4, 0.5) is 23.2 Å². The number of aromatic nitrogens is 4. The zero-order valence-corrected chi connectivity index (χ0v) is 16.9. The van der Waals surface area contributed by atoms with Crippen molar-refractivity contribution in [1.29, 1.82) is 0 Å². The van der Waals surface area contributed by atoms with E-state index >= 15 is 0 Å². The van der Waals surface area contributed by atoms with Crippen molar-refractivity contribution in [2.24, 2.45) is 0 Å². The maximum Gasteiger partial charge on any atom is 0.434 e. The van der Waals surface area contributed by atoms with Gasteiger partial charge in [0.15, 0.2) is 11.5 Å². The second-order valence-corrected chi connectivity index (χ2v) is 7.01. The zero-order chi connectivity index (χ0) is 22.9. The largest absolute Gasteiger partial charge is 0.480 e. The summed E-state index contributed by atoms with van der Waals surface area (Å²) in [6.07, 6.45) is -3.96. The van der Waals surface area contributed by atoms with Crippen LogP contribution >= 0.6 is 0 Å². The van der Waals surface area contributed by atoms with Gasteiger partial charge in [-0.15, -0.1) is 10.2 Å². The molecule has 0 aliphatic carbocycles. The van der Waals surface area contributed by atoms with Crippen molar-refractivity contribution in [3.63, 3.8) is 0 Å². The van der Waals surface area contributed by atoms with Crippen LogP contribution in [0.3, 0.4) is 0 Å².